The molecule has 0 radical (unpaired) electrons. The lowest BCUT2D eigenvalue weighted by Gasteiger charge is -2.07. The Bertz CT molecular complexity index is 276. The Balaban J connectivity index is 2.66. The van der Waals surface area contributed by atoms with Gasteiger partial charge in [-0.2, -0.15) is 4.98 Å². The molecule has 0 saturated heterocycles. The maximum atomic E-state index is 5.47. The molecule has 0 aliphatic rings. The molecule has 0 fully saturated rings. The van der Waals surface area contributed by atoms with Gasteiger partial charge in [0.05, 0.1) is 6.61 Å². The number of hydrogen-bond donors (Lipinski definition) is 1. The van der Waals surface area contributed by atoms with Gasteiger partial charge in [-0.15, -0.1) is 0 Å². The first-order chi connectivity index (χ1) is 7.26. The van der Waals surface area contributed by atoms with Crippen LogP contribution in [0, 0.1) is 6.92 Å². The highest BCUT2D eigenvalue weighted by Crippen LogP contribution is 2.11. The quantitative estimate of drug-likeness (QED) is 0.781. The van der Waals surface area contributed by atoms with Gasteiger partial charge in [-0.05, 0) is 19.8 Å². The fraction of sp³-hybridized carbons (Fsp3) is 0.636. The van der Waals surface area contributed by atoms with E-state index in [4.69, 9.17) is 4.74 Å². The number of aryl methyl sites for hydroxylation is 1. The normalized spacial score (nSPS) is 10.1. The molecule has 15 heavy (non-hydrogen) atoms. The van der Waals surface area contributed by atoms with Crippen molar-refractivity contribution in [2.45, 2.75) is 33.6 Å². The second kappa shape index (κ2) is 6.22. The van der Waals surface area contributed by atoms with Crippen molar-refractivity contribution in [3.8, 4) is 5.88 Å². The van der Waals surface area contributed by atoms with Crippen LogP contribution in [-0.2, 0) is 0 Å². The van der Waals surface area contributed by atoms with Gasteiger partial charge in [-0.1, -0.05) is 13.8 Å². The van der Waals surface area contributed by atoms with Crippen LogP contribution in [0.1, 0.15) is 32.4 Å². The summed E-state index contributed by atoms with van der Waals surface area (Å²) in [6.07, 6.45) is 2.04. The van der Waals surface area contributed by atoms with Crippen molar-refractivity contribution in [3.63, 3.8) is 0 Å². The summed E-state index contributed by atoms with van der Waals surface area (Å²) in [5, 5.41) is 3.15. The van der Waals surface area contributed by atoms with Crippen LogP contribution in [0.25, 0.3) is 0 Å². The molecule has 1 heterocycles. The Hall–Kier alpha value is -1.32. The summed E-state index contributed by atoms with van der Waals surface area (Å²) in [4.78, 5) is 8.54. The molecule has 0 aromatic carbocycles. The molecule has 0 aliphatic carbocycles. The summed E-state index contributed by atoms with van der Waals surface area (Å²) in [6.45, 7) is 7.71. The SMILES string of the molecule is CCCNc1nc(C)cc(OCCC)n1. The van der Waals surface area contributed by atoms with Gasteiger partial charge in [-0.25, -0.2) is 4.98 Å². The van der Waals surface area contributed by atoms with E-state index in [0.717, 1.165) is 25.1 Å². The molecule has 84 valence electrons. The second-order valence-corrected chi connectivity index (χ2v) is 3.45. The molecule has 1 aromatic heterocycles. The Labute approximate surface area is 91.1 Å². The van der Waals surface area contributed by atoms with Crippen molar-refractivity contribution >= 4 is 5.95 Å². The maximum Gasteiger partial charge on any atom is 0.226 e. The average Bonchev–Trinajstić information content (AvgIpc) is 2.23. The molecular formula is C11H19N3O. The van der Waals surface area contributed by atoms with Gasteiger partial charge < -0.3 is 10.1 Å². The van der Waals surface area contributed by atoms with Crippen molar-refractivity contribution in [1.82, 2.24) is 9.97 Å². The summed E-state index contributed by atoms with van der Waals surface area (Å²) in [5.41, 5.74) is 0.926. The number of ether oxygens (including phenoxy) is 1. The molecule has 0 atom stereocenters. The van der Waals surface area contributed by atoms with Gasteiger partial charge in [0, 0.05) is 18.3 Å². The van der Waals surface area contributed by atoms with E-state index in [1.807, 2.05) is 13.0 Å². The lowest BCUT2D eigenvalue weighted by atomic mass is 10.4. The molecule has 4 nitrogen and oxygen atoms in total. The summed E-state index contributed by atoms with van der Waals surface area (Å²) >= 11 is 0. The Morgan fingerprint density at radius 1 is 1.27 bits per heavy atom. The summed E-state index contributed by atoms with van der Waals surface area (Å²) < 4.78 is 5.47. The molecule has 0 spiro atoms. The van der Waals surface area contributed by atoms with E-state index in [1.54, 1.807) is 0 Å². The third-order valence-electron chi connectivity index (χ3n) is 1.82. The predicted molar refractivity (Wildman–Crippen MR) is 61.3 cm³/mol. The van der Waals surface area contributed by atoms with Crippen LogP contribution in [0.3, 0.4) is 0 Å². The van der Waals surface area contributed by atoms with E-state index >= 15 is 0 Å². The molecule has 1 rings (SSSR count). The number of nitrogens with one attached hydrogen (secondary N) is 1. The Morgan fingerprint density at radius 3 is 2.73 bits per heavy atom. The van der Waals surface area contributed by atoms with E-state index < -0.39 is 0 Å². The molecule has 1 N–H and O–H groups in total. The molecule has 0 amide bonds. The van der Waals surface area contributed by atoms with Crippen molar-refractivity contribution in [2.24, 2.45) is 0 Å². The monoisotopic (exact) mass is 209 g/mol. The van der Waals surface area contributed by atoms with Gasteiger partial charge in [0.2, 0.25) is 11.8 Å². The topological polar surface area (TPSA) is 47.0 Å². The van der Waals surface area contributed by atoms with Gasteiger partial charge in [0.25, 0.3) is 0 Å². The standard InChI is InChI=1S/C11H19N3O/c1-4-6-12-11-13-9(3)8-10(14-11)15-7-5-2/h8H,4-7H2,1-3H3,(H,12,13,14). The highest BCUT2D eigenvalue weighted by atomic mass is 16.5. The number of nitrogens with zero attached hydrogens (tertiary/aromatic N) is 2. The minimum Gasteiger partial charge on any atom is -0.478 e. The minimum atomic E-state index is 0.656. The van der Waals surface area contributed by atoms with Crippen LogP contribution in [0.2, 0.25) is 0 Å². The van der Waals surface area contributed by atoms with Crippen molar-refractivity contribution in [2.75, 3.05) is 18.5 Å². The number of hydrogen-bond acceptors (Lipinski definition) is 4. The Kier molecular flexibility index (Phi) is 4.87. The minimum absolute atomic E-state index is 0.656. The summed E-state index contributed by atoms with van der Waals surface area (Å²) in [5.74, 6) is 1.31. The average molecular weight is 209 g/mol. The zero-order chi connectivity index (χ0) is 11.1. The lowest BCUT2D eigenvalue weighted by Crippen LogP contribution is -2.07. The zero-order valence-corrected chi connectivity index (χ0v) is 9.71. The molecule has 0 bridgehead atoms. The Morgan fingerprint density at radius 2 is 2.07 bits per heavy atom. The van der Waals surface area contributed by atoms with Gasteiger partial charge >= 0.3 is 0 Å². The number of aromatic nitrogens is 2. The smallest absolute Gasteiger partial charge is 0.226 e. The summed E-state index contributed by atoms with van der Waals surface area (Å²) in [7, 11) is 0. The third-order valence-corrected chi connectivity index (χ3v) is 1.82. The molecular weight excluding hydrogens is 190 g/mol. The van der Waals surface area contributed by atoms with Crippen LogP contribution in [0.4, 0.5) is 5.95 Å². The molecule has 4 heteroatoms. The van der Waals surface area contributed by atoms with Crippen molar-refractivity contribution in [1.29, 1.82) is 0 Å². The fourth-order valence-electron chi connectivity index (χ4n) is 1.14. The maximum absolute atomic E-state index is 5.47. The van der Waals surface area contributed by atoms with Crippen LogP contribution in [-0.4, -0.2) is 23.1 Å². The molecule has 1 aromatic rings. The van der Waals surface area contributed by atoms with E-state index in [9.17, 15) is 0 Å². The van der Waals surface area contributed by atoms with Gasteiger partial charge in [0.15, 0.2) is 0 Å². The number of anilines is 1. The molecule has 0 unspecified atom stereocenters. The lowest BCUT2D eigenvalue weighted by molar-refractivity contribution is 0.305. The fourth-order valence-corrected chi connectivity index (χ4v) is 1.14. The summed E-state index contributed by atoms with van der Waals surface area (Å²) in [6, 6.07) is 1.85. The first kappa shape index (κ1) is 11.8. The van der Waals surface area contributed by atoms with E-state index in [-0.39, 0.29) is 0 Å². The van der Waals surface area contributed by atoms with E-state index in [2.05, 4.69) is 29.1 Å². The molecule has 0 aliphatic heterocycles. The third kappa shape index (κ3) is 4.14. The van der Waals surface area contributed by atoms with E-state index in [1.165, 1.54) is 0 Å². The first-order valence-corrected chi connectivity index (χ1v) is 5.48. The molecule has 0 saturated carbocycles. The van der Waals surface area contributed by atoms with E-state index in [0.29, 0.717) is 18.4 Å². The van der Waals surface area contributed by atoms with Crippen molar-refractivity contribution in [3.05, 3.63) is 11.8 Å². The first-order valence-electron chi connectivity index (χ1n) is 5.48. The van der Waals surface area contributed by atoms with Crippen LogP contribution in [0.5, 0.6) is 5.88 Å². The van der Waals surface area contributed by atoms with Crippen LogP contribution >= 0.6 is 0 Å². The highest BCUT2D eigenvalue weighted by molar-refractivity contribution is 5.30. The van der Waals surface area contributed by atoms with Crippen molar-refractivity contribution < 1.29 is 4.74 Å². The number of rotatable bonds is 6. The van der Waals surface area contributed by atoms with Gasteiger partial charge in [-0.3, -0.25) is 0 Å². The van der Waals surface area contributed by atoms with Crippen LogP contribution in [0.15, 0.2) is 6.07 Å². The second-order valence-electron chi connectivity index (χ2n) is 3.45. The highest BCUT2D eigenvalue weighted by Gasteiger charge is 2.01. The van der Waals surface area contributed by atoms with Gasteiger partial charge in [0.1, 0.15) is 0 Å². The van der Waals surface area contributed by atoms with Crippen LogP contribution < -0.4 is 10.1 Å². The predicted octanol–water partition coefficient (Wildman–Crippen LogP) is 2.40. The zero-order valence-electron chi connectivity index (χ0n) is 9.71. The largest absolute Gasteiger partial charge is 0.478 e.